The molecule has 2 rings (SSSR count). The van der Waals surface area contributed by atoms with Gasteiger partial charge in [0.05, 0.1) is 16.6 Å². The number of aromatic nitrogens is 1. The van der Waals surface area contributed by atoms with Crippen molar-refractivity contribution in [3.8, 4) is 5.75 Å². The molecule has 0 atom stereocenters. The van der Waals surface area contributed by atoms with Gasteiger partial charge >= 0.3 is 0 Å². The van der Waals surface area contributed by atoms with Crippen LogP contribution >= 0.6 is 27.5 Å². The van der Waals surface area contributed by atoms with E-state index in [1.807, 2.05) is 25.1 Å². The molecule has 0 unspecified atom stereocenters. The molecule has 0 aliphatic carbocycles. The predicted molar refractivity (Wildman–Crippen MR) is 78.0 cm³/mol. The Balaban J connectivity index is 2.29. The van der Waals surface area contributed by atoms with Gasteiger partial charge in [0, 0.05) is 11.9 Å². The van der Waals surface area contributed by atoms with Crippen molar-refractivity contribution in [3.63, 3.8) is 0 Å². The summed E-state index contributed by atoms with van der Waals surface area (Å²) < 4.78 is 6.05. The minimum absolute atomic E-state index is 0.561. The van der Waals surface area contributed by atoms with Crippen molar-refractivity contribution < 1.29 is 4.74 Å². The summed E-state index contributed by atoms with van der Waals surface area (Å²) in [5.41, 5.74) is 1.98. The lowest BCUT2D eigenvalue weighted by molar-refractivity contribution is 0.415. The highest BCUT2D eigenvalue weighted by Crippen LogP contribution is 2.31. The molecule has 0 spiro atoms. The molecule has 0 aliphatic rings. The number of halogens is 2. The maximum atomic E-state index is 6.07. The van der Waals surface area contributed by atoms with Crippen molar-refractivity contribution in [2.45, 2.75) is 6.92 Å². The van der Waals surface area contributed by atoms with Crippen LogP contribution in [0.2, 0.25) is 5.02 Å². The normalized spacial score (nSPS) is 10.2. The van der Waals surface area contributed by atoms with Crippen LogP contribution in [0.25, 0.3) is 0 Å². The van der Waals surface area contributed by atoms with Crippen LogP contribution in [0.15, 0.2) is 34.9 Å². The van der Waals surface area contributed by atoms with Crippen LogP contribution in [0.1, 0.15) is 5.56 Å². The molecule has 1 aromatic carbocycles. The van der Waals surface area contributed by atoms with E-state index in [-0.39, 0.29) is 0 Å². The SMILES string of the molecule is COc1ccc(Nc2nccc(C)c2Br)cc1Cl. The summed E-state index contributed by atoms with van der Waals surface area (Å²) in [6.07, 6.45) is 1.76. The average molecular weight is 328 g/mol. The number of hydrogen-bond donors (Lipinski definition) is 1. The molecule has 94 valence electrons. The van der Waals surface area contributed by atoms with Crippen molar-refractivity contribution in [1.82, 2.24) is 4.98 Å². The van der Waals surface area contributed by atoms with Crippen LogP contribution in [0, 0.1) is 6.92 Å². The Morgan fingerprint density at radius 2 is 2.11 bits per heavy atom. The predicted octanol–water partition coefficient (Wildman–Crippen LogP) is 4.56. The van der Waals surface area contributed by atoms with Crippen molar-refractivity contribution in [2.75, 3.05) is 12.4 Å². The molecule has 0 radical (unpaired) electrons. The van der Waals surface area contributed by atoms with Gasteiger partial charge in [0.2, 0.25) is 0 Å². The zero-order valence-electron chi connectivity index (χ0n) is 10.00. The van der Waals surface area contributed by atoms with Crippen LogP contribution in [-0.4, -0.2) is 12.1 Å². The first-order chi connectivity index (χ1) is 8.61. The Morgan fingerprint density at radius 1 is 1.33 bits per heavy atom. The van der Waals surface area contributed by atoms with E-state index in [2.05, 4.69) is 26.2 Å². The first kappa shape index (κ1) is 13.2. The fourth-order valence-electron chi connectivity index (χ4n) is 1.51. The van der Waals surface area contributed by atoms with Crippen LogP contribution in [-0.2, 0) is 0 Å². The van der Waals surface area contributed by atoms with E-state index in [1.54, 1.807) is 19.4 Å². The molecular formula is C13H12BrClN2O. The number of ether oxygens (including phenoxy) is 1. The van der Waals surface area contributed by atoms with Crippen LogP contribution in [0.3, 0.4) is 0 Å². The van der Waals surface area contributed by atoms with Crippen molar-refractivity contribution in [3.05, 3.63) is 45.5 Å². The first-order valence-electron chi connectivity index (χ1n) is 5.33. The third kappa shape index (κ3) is 2.76. The second kappa shape index (κ2) is 5.59. The topological polar surface area (TPSA) is 34.1 Å². The van der Waals surface area contributed by atoms with Gasteiger partial charge in [-0.3, -0.25) is 0 Å². The number of pyridine rings is 1. The van der Waals surface area contributed by atoms with Gasteiger partial charge in [0.25, 0.3) is 0 Å². The summed E-state index contributed by atoms with van der Waals surface area (Å²) in [7, 11) is 1.59. The molecule has 0 aliphatic heterocycles. The Hall–Kier alpha value is -1.26. The van der Waals surface area contributed by atoms with E-state index in [1.165, 1.54) is 0 Å². The monoisotopic (exact) mass is 326 g/mol. The van der Waals surface area contributed by atoms with E-state index >= 15 is 0 Å². The Labute approximate surface area is 119 Å². The van der Waals surface area contributed by atoms with Gasteiger partial charge in [-0.05, 0) is 52.7 Å². The van der Waals surface area contributed by atoms with Crippen LogP contribution in [0.5, 0.6) is 5.75 Å². The van der Waals surface area contributed by atoms with Gasteiger partial charge in [-0.1, -0.05) is 11.6 Å². The molecule has 2 aromatic rings. The Morgan fingerprint density at radius 3 is 2.78 bits per heavy atom. The highest BCUT2D eigenvalue weighted by Gasteiger charge is 2.06. The lowest BCUT2D eigenvalue weighted by Crippen LogP contribution is -1.96. The molecule has 3 nitrogen and oxygen atoms in total. The minimum Gasteiger partial charge on any atom is -0.495 e. The molecule has 5 heteroatoms. The van der Waals surface area contributed by atoms with E-state index in [9.17, 15) is 0 Å². The molecule has 0 saturated heterocycles. The van der Waals surface area contributed by atoms with Gasteiger partial charge in [0.1, 0.15) is 11.6 Å². The molecule has 1 aromatic heterocycles. The molecule has 0 amide bonds. The summed E-state index contributed by atoms with van der Waals surface area (Å²) in [6.45, 7) is 2.01. The zero-order chi connectivity index (χ0) is 13.1. The standard InChI is InChI=1S/C13H12BrClN2O/c1-8-5-6-16-13(12(8)14)17-9-3-4-11(18-2)10(15)7-9/h3-7H,1-2H3,(H,16,17). The number of methoxy groups -OCH3 is 1. The second-order valence-corrected chi connectivity index (χ2v) is 4.96. The maximum Gasteiger partial charge on any atom is 0.144 e. The quantitative estimate of drug-likeness (QED) is 0.897. The second-order valence-electron chi connectivity index (χ2n) is 3.76. The summed E-state index contributed by atoms with van der Waals surface area (Å²) in [5.74, 6) is 1.41. The molecular weight excluding hydrogens is 316 g/mol. The van der Waals surface area contributed by atoms with Gasteiger partial charge in [-0.2, -0.15) is 0 Å². The Kier molecular flexibility index (Phi) is 4.09. The molecule has 0 bridgehead atoms. The van der Waals surface area contributed by atoms with Crippen LogP contribution < -0.4 is 10.1 Å². The summed E-state index contributed by atoms with van der Waals surface area (Å²) >= 11 is 9.57. The third-order valence-electron chi connectivity index (χ3n) is 2.50. The number of nitrogens with one attached hydrogen (secondary N) is 1. The summed E-state index contributed by atoms with van der Waals surface area (Å²) in [4.78, 5) is 4.27. The molecule has 0 saturated carbocycles. The average Bonchev–Trinajstić information content (AvgIpc) is 2.35. The van der Waals surface area contributed by atoms with Gasteiger partial charge in [-0.25, -0.2) is 4.98 Å². The van der Waals surface area contributed by atoms with E-state index in [0.29, 0.717) is 10.8 Å². The van der Waals surface area contributed by atoms with Gasteiger partial charge in [0.15, 0.2) is 0 Å². The number of anilines is 2. The van der Waals surface area contributed by atoms with E-state index < -0.39 is 0 Å². The summed E-state index contributed by atoms with van der Waals surface area (Å²) in [6, 6.07) is 7.45. The zero-order valence-corrected chi connectivity index (χ0v) is 12.3. The lowest BCUT2D eigenvalue weighted by atomic mass is 10.2. The maximum absolute atomic E-state index is 6.07. The van der Waals surface area contributed by atoms with E-state index in [4.69, 9.17) is 16.3 Å². The molecule has 1 N–H and O–H groups in total. The number of rotatable bonds is 3. The van der Waals surface area contributed by atoms with Crippen molar-refractivity contribution in [1.29, 1.82) is 0 Å². The fourth-order valence-corrected chi connectivity index (χ4v) is 2.10. The van der Waals surface area contributed by atoms with Gasteiger partial charge < -0.3 is 10.1 Å². The van der Waals surface area contributed by atoms with Gasteiger partial charge in [-0.15, -0.1) is 0 Å². The smallest absolute Gasteiger partial charge is 0.144 e. The van der Waals surface area contributed by atoms with Crippen molar-refractivity contribution in [2.24, 2.45) is 0 Å². The highest BCUT2D eigenvalue weighted by molar-refractivity contribution is 9.10. The fraction of sp³-hybridized carbons (Fsp3) is 0.154. The number of benzene rings is 1. The van der Waals surface area contributed by atoms with Crippen LogP contribution in [0.4, 0.5) is 11.5 Å². The highest BCUT2D eigenvalue weighted by atomic mass is 79.9. The molecule has 0 fully saturated rings. The van der Waals surface area contributed by atoms with Crippen molar-refractivity contribution >= 4 is 39.0 Å². The summed E-state index contributed by atoms with van der Waals surface area (Å²) in [5, 5.41) is 3.77. The first-order valence-corrected chi connectivity index (χ1v) is 6.50. The lowest BCUT2D eigenvalue weighted by Gasteiger charge is -2.10. The minimum atomic E-state index is 0.561. The number of nitrogens with zero attached hydrogens (tertiary/aromatic N) is 1. The molecule has 18 heavy (non-hydrogen) atoms. The molecule has 1 heterocycles. The number of aryl methyl sites for hydroxylation is 1. The third-order valence-corrected chi connectivity index (χ3v) is 3.79. The largest absolute Gasteiger partial charge is 0.495 e. The number of hydrogen-bond acceptors (Lipinski definition) is 3. The Bertz CT molecular complexity index is 575. The van der Waals surface area contributed by atoms with E-state index in [0.717, 1.165) is 21.5 Å².